The van der Waals surface area contributed by atoms with Gasteiger partial charge in [-0.1, -0.05) is 0 Å². The van der Waals surface area contributed by atoms with E-state index in [1.165, 1.54) is 0 Å². The number of aliphatic carboxylic acids is 1. The van der Waals surface area contributed by atoms with E-state index in [0.29, 0.717) is 0 Å². The van der Waals surface area contributed by atoms with Crippen LogP contribution in [0, 0.1) is 5.92 Å². The van der Waals surface area contributed by atoms with E-state index in [0.717, 1.165) is 12.8 Å². The van der Waals surface area contributed by atoms with Crippen LogP contribution in [0.25, 0.3) is 0 Å². The van der Waals surface area contributed by atoms with E-state index in [4.69, 9.17) is 10.8 Å². The van der Waals surface area contributed by atoms with Gasteiger partial charge in [0.05, 0.1) is 5.92 Å². The zero-order valence-electron chi connectivity index (χ0n) is 4.50. The highest BCUT2D eigenvalue weighted by atomic mass is 16.4. The van der Waals surface area contributed by atoms with E-state index in [1.54, 1.807) is 0 Å². The molecule has 0 aromatic carbocycles. The predicted octanol–water partition coefficient (Wildman–Crippen LogP) is -0.192. The predicted molar refractivity (Wildman–Crippen MR) is 28.3 cm³/mol. The minimum absolute atomic E-state index is 0.0764. The molecule has 0 bridgehead atoms. The maximum atomic E-state index is 10.1. The molecule has 1 rings (SSSR count). The van der Waals surface area contributed by atoms with E-state index in [9.17, 15) is 4.79 Å². The Hall–Kier alpha value is -0.570. The molecule has 0 aromatic rings. The summed E-state index contributed by atoms with van der Waals surface area (Å²) in [5.74, 6) is -1.00. The normalized spacial score (nSPS) is 36.1. The van der Waals surface area contributed by atoms with Crippen molar-refractivity contribution in [2.24, 2.45) is 11.7 Å². The van der Waals surface area contributed by atoms with Crippen molar-refractivity contribution in [3.63, 3.8) is 0 Å². The maximum absolute atomic E-state index is 10.1. The van der Waals surface area contributed by atoms with Gasteiger partial charge in [0.1, 0.15) is 0 Å². The first-order valence-corrected chi connectivity index (χ1v) is 2.70. The third-order valence-electron chi connectivity index (χ3n) is 1.65. The molecular formula is C5H9NO2. The topological polar surface area (TPSA) is 63.3 Å². The van der Waals surface area contributed by atoms with Crippen LogP contribution < -0.4 is 5.73 Å². The molecule has 0 amide bonds. The number of nitrogens with two attached hydrogens (primary N) is 1. The molecule has 0 radical (unpaired) electrons. The van der Waals surface area contributed by atoms with Gasteiger partial charge in [-0.2, -0.15) is 0 Å². The van der Waals surface area contributed by atoms with Crippen molar-refractivity contribution in [3.8, 4) is 0 Å². The summed E-state index contributed by atoms with van der Waals surface area (Å²) in [6, 6.07) is -0.0764. The molecular weight excluding hydrogens is 106 g/mol. The minimum Gasteiger partial charge on any atom is -0.481 e. The molecule has 0 spiro atoms. The summed E-state index contributed by atoms with van der Waals surface area (Å²) in [7, 11) is 0. The monoisotopic (exact) mass is 115 g/mol. The van der Waals surface area contributed by atoms with Gasteiger partial charge < -0.3 is 10.8 Å². The van der Waals surface area contributed by atoms with Gasteiger partial charge in [0.15, 0.2) is 0 Å². The second-order valence-electron chi connectivity index (χ2n) is 2.19. The molecule has 0 aliphatic heterocycles. The molecule has 0 heterocycles. The first kappa shape index (κ1) is 5.56. The lowest BCUT2D eigenvalue weighted by atomic mass is 9.80. The second kappa shape index (κ2) is 1.74. The fourth-order valence-corrected chi connectivity index (χ4v) is 0.832. The first-order valence-electron chi connectivity index (χ1n) is 2.70. The van der Waals surface area contributed by atoms with Crippen molar-refractivity contribution in [2.75, 3.05) is 0 Å². The average Bonchev–Trinajstić information content (AvgIpc) is 1.61. The molecule has 46 valence electrons. The zero-order valence-corrected chi connectivity index (χ0v) is 4.50. The number of carboxylic acid groups (broad SMARTS) is 1. The van der Waals surface area contributed by atoms with E-state index >= 15 is 0 Å². The number of hydrogen-bond donors (Lipinski definition) is 2. The molecule has 3 nitrogen and oxygen atoms in total. The summed E-state index contributed by atoms with van der Waals surface area (Å²) < 4.78 is 0. The van der Waals surface area contributed by atoms with Crippen molar-refractivity contribution in [1.29, 1.82) is 0 Å². The van der Waals surface area contributed by atoms with Gasteiger partial charge >= 0.3 is 5.97 Å². The fraction of sp³-hybridized carbons (Fsp3) is 0.800. The van der Waals surface area contributed by atoms with E-state index in [1.807, 2.05) is 0 Å². The van der Waals surface area contributed by atoms with Crippen LogP contribution in [0.5, 0.6) is 0 Å². The van der Waals surface area contributed by atoms with Crippen LogP contribution >= 0.6 is 0 Å². The summed E-state index contributed by atoms with van der Waals surface area (Å²) in [6.45, 7) is 0. The lowest BCUT2D eigenvalue weighted by molar-refractivity contribution is -0.145. The summed E-state index contributed by atoms with van der Waals surface area (Å²) in [6.07, 6.45) is 1.63. The van der Waals surface area contributed by atoms with Crippen molar-refractivity contribution >= 4 is 5.97 Å². The van der Waals surface area contributed by atoms with Crippen LogP contribution in [0.4, 0.5) is 0 Å². The SMILES string of the molecule is N[C@@H]1CCC1C(=O)O. The fourth-order valence-electron chi connectivity index (χ4n) is 0.832. The Labute approximate surface area is 47.5 Å². The van der Waals surface area contributed by atoms with Crippen molar-refractivity contribution in [2.45, 2.75) is 18.9 Å². The van der Waals surface area contributed by atoms with Crippen molar-refractivity contribution in [3.05, 3.63) is 0 Å². The Kier molecular flexibility index (Phi) is 1.21. The van der Waals surface area contributed by atoms with E-state index in [2.05, 4.69) is 0 Å². The number of rotatable bonds is 1. The Morgan fingerprint density at radius 2 is 2.25 bits per heavy atom. The minimum atomic E-state index is -0.747. The highest BCUT2D eigenvalue weighted by Crippen LogP contribution is 2.24. The number of carbonyl (C=O) groups is 1. The van der Waals surface area contributed by atoms with E-state index in [-0.39, 0.29) is 12.0 Å². The molecule has 1 saturated carbocycles. The molecule has 0 saturated heterocycles. The van der Waals surface area contributed by atoms with Gasteiger partial charge in [0.25, 0.3) is 0 Å². The lowest BCUT2D eigenvalue weighted by Gasteiger charge is -2.29. The van der Waals surface area contributed by atoms with Crippen LogP contribution in [-0.2, 0) is 4.79 Å². The third kappa shape index (κ3) is 0.690. The molecule has 8 heavy (non-hydrogen) atoms. The molecule has 2 atom stereocenters. The molecule has 1 aliphatic carbocycles. The Balaban J connectivity index is 2.37. The van der Waals surface area contributed by atoms with Gasteiger partial charge in [0.2, 0.25) is 0 Å². The molecule has 1 fully saturated rings. The Morgan fingerprint density at radius 1 is 1.62 bits per heavy atom. The Morgan fingerprint density at radius 3 is 2.25 bits per heavy atom. The smallest absolute Gasteiger partial charge is 0.308 e. The molecule has 1 unspecified atom stereocenters. The third-order valence-corrected chi connectivity index (χ3v) is 1.65. The number of carboxylic acids is 1. The number of hydrogen-bond acceptors (Lipinski definition) is 2. The second-order valence-corrected chi connectivity index (χ2v) is 2.19. The largest absolute Gasteiger partial charge is 0.481 e. The van der Waals surface area contributed by atoms with Crippen molar-refractivity contribution in [1.82, 2.24) is 0 Å². The average molecular weight is 115 g/mol. The van der Waals surface area contributed by atoms with Gasteiger partial charge in [-0.3, -0.25) is 4.79 Å². The van der Waals surface area contributed by atoms with Crippen LogP contribution in [0.2, 0.25) is 0 Å². The van der Waals surface area contributed by atoms with Crippen LogP contribution in [-0.4, -0.2) is 17.1 Å². The Bertz CT molecular complexity index is 113. The van der Waals surface area contributed by atoms with Gasteiger partial charge in [-0.15, -0.1) is 0 Å². The summed E-state index contributed by atoms with van der Waals surface area (Å²) in [5.41, 5.74) is 5.34. The zero-order chi connectivity index (χ0) is 6.15. The quantitative estimate of drug-likeness (QED) is 0.497. The molecule has 0 aromatic heterocycles. The van der Waals surface area contributed by atoms with Crippen LogP contribution in [0.15, 0.2) is 0 Å². The maximum Gasteiger partial charge on any atom is 0.308 e. The van der Waals surface area contributed by atoms with Gasteiger partial charge in [0, 0.05) is 6.04 Å². The lowest BCUT2D eigenvalue weighted by Crippen LogP contribution is -2.43. The standard InChI is InChI=1S/C5H9NO2/c6-4-2-1-3(4)5(7)8/h3-4H,1-2,6H2,(H,7,8)/t3?,4-/m1/s1. The molecule has 3 N–H and O–H groups in total. The van der Waals surface area contributed by atoms with Crippen molar-refractivity contribution < 1.29 is 9.90 Å². The summed E-state index contributed by atoms with van der Waals surface area (Å²) >= 11 is 0. The van der Waals surface area contributed by atoms with E-state index < -0.39 is 5.97 Å². The van der Waals surface area contributed by atoms with Crippen LogP contribution in [0.3, 0.4) is 0 Å². The molecule has 3 heteroatoms. The van der Waals surface area contributed by atoms with Gasteiger partial charge in [-0.05, 0) is 12.8 Å². The summed E-state index contributed by atoms with van der Waals surface area (Å²) in [4.78, 5) is 10.1. The highest BCUT2D eigenvalue weighted by Gasteiger charge is 2.33. The van der Waals surface area contributed by atoms with Crippen LogP contribution in [0.1, 0.15) is 12.8 Å². The summed E-state index contributed by atoms with van der Waals surface area (Å²) in [5, 5.41) is 8.32. The molecule has 1 aliphatic rings. The van der Waals surface area contributed by atoms with Gasteiger partial charge in [-0.25, -0.2) is 0 Å². The highest BCUT2D eigenvalue weighted by molar-refractivity contribution is 5.71. The first-order chi connectivity index (χ1) is 3.72.